The van der Waals surface area contributed by atoms with Crippen LogP contribution in [0.1, 0.15) is 31.3 Å². The molecule has 0 aliphatic carbocycles. The zero-order valence-corrected chi connectivity index (χ0v) is 7.28. The average molecular weight is 164 g/mol. The molecule has 0 saturated carbocycles. The minimum absolute atomic E-state index is 0.450. The van der Waals surface area contributed by atoms with Gasteiger partial charge in [-0.3, -0.25) is 0 Å². The zero-order valence-electron chi connectivity index (χ0n) is 7.28. The molecule has 12 heavy (non-hydrogen) atoms. The second-order valence-corrected chi connectivity index (χ2v) is 3.17. The number of hydrazone groups is 1. The lowest BCUT2D eigenvalue weighted by atomic mass is 10.3. The first kappa shape index (κ1) is 7.34. The molecule has 4 nitrogen and oxygen atoms in total. The highest BCUT2D eigenvalue weighted by Gasteiger charge is 2.12. The molecule has 1 N–H and O–H groups in total. The Balaban J connectivity index is 2.47. The predicted octanol–water partition coefficient (Wildman–Crippen LogP) is 0.901. The number of nitrogens with one attached hydrogen (secondary N) is 1. The highest BCUT2D eigenvalue weighted by atomic mass is 15.3. The molecule has 0 aromatic carbocycles. The van der Waals surface area contributed by atoms with Gasteiger partial charge in [-0.2, -0.15) is 5.10 Å². The van der Waals surface area contributed by atoms with Crippen molar-refractivity contribution in [2.24, 2.45) is 5.10 Å². The van der Waals surface area contributed by atoms with Gasteiger partial charge in [0.05, 0.1) is 30.5 Å². The average Bonchev–Trinajstić information content (AvgIpc) is 2.47. The summed E-state index contributed by atoms with van der Waals surface area (Å²) in [6.45, 7) is 5.02. The molecule has 1 aromatic heterocycles. The van der Waals surface area contributed by atoms with Gasteiger partial charge in [0.2, 0.25) is 0 Å². The third-order valence-corrected chi connectivity index (χ3v) is 1.99. The van der Waals surface area contributed by atoms with E-state index in [0.717, 1.165) is 17.9 Å². The third kappa shape index (κ3) is 0.995. The van der Waals surface area contributed by atoms with Gasteiger partial charge in [0.1, 0.15) is 0 Å². The molecule has 0 fully saturated rings. The first-order valence-electron chi connectivity index (χ1n) is 4.10. The molecule has 1 aliphatic rings. The summed E-state index contributed by atoms with van der Waals surface area (Å²) in [5, 5.41) is 4.00. The fourth-order valence-electron chi connectivity index (χ4n) is 1.33. The lowest BCUT2D eigenvalue weighted by Gasteiger charge is -2.12. The van der Waals surface area contributed by atoms with Crippen molar-refractivity contribution in [3.8, 4) is 0 Å². The molecule has 2 rings (SSSR count). The molecule has 0 saturated heterocycles. The van der Waals surface area contributed by atoms with Crippen LogP contribution in [-0.2, 0) is 6.54 Å². The highest BCUT2D eigenvalue weighted by molar-refractivity contribution is 5.79. The zero-order chi connectivity index (χ0) is 8.55. The normalized spacial score (nSPS) is 14.6. The maximum absolute atomic E-state index is 4.29. The van der Waals surface area contributed by atoms with E-state index in [1.54, 1.807) is 0 Å². The van der Waals surface area contributed by atoms with E-state index in [2.05, 4.69) is 33.9 Å². The van der Waals surface area contributed by atoms with Gasteiger partial charge in [0.15, 0.2) is 0 Å². The smallest absolute Gasteiger partial charge is 0.0957 e. The second kappa shape index (κ2) is 2.62. The number of imidazole rings is 1. The van der Waals surface area contributed by atoms with E-state index in [1.165, 1.54) is 0 Å². The fourth-order valence-corrected chi connectivity index (χ4v) is 1.33. The van der Waals surface area contributed by atoms with Crippen molar-refractivity contribution in [3.05, 3.63) is 17.7 Å². The topological polar surface area (TPSA) is 42.2 Å². The molecular weight excluding hydrogens is 152 g/mol. The number of hydrogen-bond acceptors (Lipinski definition) is 3. The van der Waals surface area contributed by atoms with Gasteiger partial charge in [-0.25, -0.2) is 4.98 Å². The largest absolute Gasteiger partial charge is 0.327 e. The Kier molecular flexibility index (Phi) is 1.60. The minimum Gasteiger partial charge on any atom is -0.327 e. The van der Waals surface area contributed by atoms with Crippen LogP contribution < -0.4 is 5.43 Å². The van der Waals surface area contributed by atoms with Crippen molar-refractivity contribution in [1.82, 2.24) is 15.0 Å². The second-order valence-electron chi connectivity index (χ2n) is 3.17. The van der Waals surface area contributed by atoms with Crippen molar-refractivity contribution >= 4 is 6.21 Å². The van der Waals surface area contributed by atoms with E-state index in [9.17, 15) is 0 Å². The van der Waals surface area contributed by atoms with E-state index in [0.29, 0.717) is 6.04 Å². The van der Waals surface area contributed by atoms with Crippen LogP contribution in [0.3, 0.4) is 0 Å². The molecule has 0 unspecified atom stereocenters. The van der Waals surface area contributed by atoms with Crippen LogP contribution >= 0.6 is 0 Å². The standard InChI is InChI=1S/C8H12N4/c1-6(2)12-5-9-7-3-10-11-4-8(7)12/h4-6,10H,3H2,1-2H3. The van der Waals surface area contributed by atoms with E-state index >= 15 is 0 Å². The molecule has 64 valence electrons. The maximum atomic E-state index is 4.29. The minimum atomic E-state index is 0.450. The maximum Gasteiger partial charge on any atom is 0.0957 e. The van der Waals surface area contributed by atoms with Crippen molar-refractivity contribution in [2.45, 2.75) is 26.4 Å². The van der Waals surface area contributed by atoms with Gasteiger partial charge >= 0.3 is 0 Å². The molecule has 1 aromatic rings. The molecular formula is C8H12N4. The van der Waals surface area contributed by atoms with E-state index in [1.807, 2.05) is 12.5 Å². The Morgan fingerprint density at radius 3 is 3.17 bits per heavy atom. The van der Waals surface area contributed by atoms with Crippen LogP contribution in [0.5, 0.6) is 0 Å². The molecule has 0 spiro atoms. The SMILES string of the molecule is CC(C)n1cnc2c1C=NNC2. The summed E-state index contributed by atoms with van der Waals surface area (Å²) in [6.07, 6.45) is 3.69. The number of aromatic nitrogens is 2. The fraction of sp³-hybridized carbons (Fsp3) is 0.500. The van der Waals surface area contributed by atoms with Crippen molar-refractivity contribution in [3.63, 3.8) is 0 Å². The van der Waals surface area contributed by atoms with E-state index in [-0.39, 0.29) is 0 Å². The van der Waals surface area contributed by atoms with Gasteiger partial charge in [-0.1, -0.05) is 0 Å². The monoisotopic (exact) mass is 164 g/mol. The molecule has 0 radical (unpaired) electrons. The number of nitrogens with zero attached hydrogens (tertiary/aromatic N) is 3. The summed E-state index contributed by atoms with van der Waals surface area (Å²) in [4.78, 5) is 4.29. The summed E-state index contributed by atoms with van der Waals surface area (Å²) in [6, 6.07) is 0.450. The van der Waals surface area contributed by atoms with Gasteiger partial charge < -0.3 is 9.99 Å². The summed E-state index contributed by atoms with van der Waals surface area (Å²) in [7, 11) is 0. The van der Waals surface area contributed by atoms with Gasteiger partial charge in [-0.15, -0.1) is 0 Å². The summed E-state index contributed by atoms with van der Waals surface area (Å²) < 4.78 is 2.12. The molecule has 0 bridgehead atoms. The third-order valence-electron chi connectivity index (χ3n) is 1.99. The van der Waals surface area contributed by atoms with Crippen molar-refractivity contribution < 1.29 is 0 Å². The quantitative estimate of drug-likeness (QED) is 0.670. The predicted molar refractivity (Wildman–Crippen MR) is 47.0 cm³/mol. The lowest BCUT2D eigenvalue weighted by molar-refractivity contribution is 0.592. The number of hydrogen-bond donors (Lipinski definition) is 1. The summed E-state index contributed by atoms with van der Waals surface area (Å²) >= 11 is 0. The van der Waals surface area contributed by atoms with E-state index < -0.39 is 0 Å². The Labute approximate surface area is 71.3 Å². The number of rotatable bonds is 1. The molecule has 4 heteroatoms. The van der Waals surface area contributed by atoms with Gasteiger partial charge in [0.25, 0.3) is 0 Å². The summed E-state index contributed by atoms with van der Waals surface area (Å²) in [5.74, 6) is 0. The Hall–Kier alpha value is -1.32. The van der Waals surface area contributed by atoms with Crippen molar-refractivity contribution in [2.75, 3.05) is 0 Å². The van der Waals surface area contributed by atoms with Crippen LogP contribution in [0, 0.1) is 0 Å². The molecule has 0 atom stereocenters. The van der Waals surface area contributed by atoms with Gasteiger partial charge in [0, 0.05) is 6.04 Å². The van der Waals surface area contributed by atoms with Crippen LogP contribution in [0.4, 0.5) is 0 Å². The van der Waals surface area contributed by atoms with Crippen molar-refractivity contribution in [1.29, 1.82) is 0 Å². The lowest BCUT2D eigenvalue weighted by Crippen LogP contribution is -2.16. The summed E-state index contributed by atoms with van der Waals surface area (Å²) in [5.41, 5.74) is 5.10. The van der Waals surface area contributed by atoms with E-state index in [4.69, 9.17) is 0 Å². The Morgan fingerprint density at radius 1 is 1.58 bits per heavy atom. The Bertz CT molecular complexity index is 311. The molecule has 1 aliphatic heterocycles. The first-order valence-corrected chi connectivity index (χ1v) is 4.10. The highest BCUT2D eigenvalue weighted by Crippen LogP contribution is 2.13. The van der Waals surface area contributed by atoms with Gasteiger partial charge in [-0.05, 0) is 13.8 Å². The van der Waals surface area contributed by atoms with Crippen LogP contribution in [-0.4, -0.2) is 15.8 Å². The Morgan fingerprint density at radius 2 is 2.42 bits per heavy atom. The van der Waals surface area contributed by atoms with Crippen LogP contribution in [0.25, 0.3) is 0 Å². The molecule has 0 amide bonds. The first-order chi connectivity index (χ1) is 5.79. The number of fused-ring (bicyclic) bond motifs is 1. The van der Waals surface area contributed by atoms with Crippen LogP contribution in [0.2, 0.25) is 0 Å². The van der Waals surface area contributed by atoms with Crippen LogP contribution in [0.15, 0.2) is 11.4 Å². The molecule has 2 heterocycles.